The molecule has 0 radical (unpaired) electrons. The largest absolute Gasteiger partial charge is 0.493 e. The van der Waals surface area contributed by atoms with E-state index in [2.05, 4.69) is 19.1 Å². The zero-order valence-electron chi connectivity index (χ0n) is 9.04. The molecule has 0 aromatic carbocycles. The first kappa shape index (κ1) is 9.82. The Bertz CT molecular complexity index is 240. The average Bonchev–Trinajstić information content (AvgIpc) is 2.51. The van der Waals surface area contributed by atoms with E-state index in [-0.39, 0.29) is 0 Å². The van der Waals surface area contributed by atoms with Crippen LogP contribution in [0.2, 0.25) is 0 Å². The van der Waals surface area contributed by atoms with Crippen molar-refractivity contribution in [3.05, 3.63) is 24.0 Å². The van der Waals surface area contributed by atoms with Gasteiger partial charge in [0.2, 0.25) is 0 Å². The van der Waals surface area contributed by atoms with Gasteiger partial charge in [-0.3, -0.25) is 0 Å². The molecule has 2 atom stereocenters. The minimum Gasteiger partial charge on any atom is -0.493 e. The van der Waals surface area contributed by atoms with Gasteiger partial charge in [0.25, 0.3) is 0 Å². The lowest BCUT2D eigenvalue weighted by Gasteiger charge is -2.20. The smallest absolute Gasteiger partial charge is 0.125 e. The molecule has 0 unspecified atom stereocenters. The molecule has 1 heteroatoms. The lowest BCUT2D eigenvalue weighted by Crippen LogP contribution is -2.17. The van der Waals surface area contributed by atoms with Crippen molar-refractivity contribution in [2.24, 2.45) is 5.92 Å². The Morgan fingerprint density at radius 1 is 1.21 bits per heavy atom. The topological polar surface area (TPSA) is 9.23 Å². The molecule has 0 aromatic heterocycles. The summed E-state index contributed by atoms with van der Waals surface area (Å²) in [7, 11) is 0. The SMILES string of the molecule is C[C@H]1C=CO[C@@H]1/C1=C/CCCCCC1. The number of allylic oxidation sites excluding steroid dienone is 1. The molecule has 0 amide bonds. The predicted molar refractivity (Wildman–Crippen MR) is 59.0 cm³/mol. The summed E-state index contributed by atoms with van der Waals surface area (Å²) in [6, 6.07) is 0. The summed E-state index contributed by atoms with van der Waals surface area (Å²) < 4.78 is 5.65. The third-order valence-electron chi connectivity index (χ3n) is 3.28. The maximum Gasteiger partial charge on any atom is 0.125 e. The second-order valence-electron chi connectivity index (χ2n) is 4.48. The normalized spacial score (nSPS) is 36.8. The lowest BCUT2D eigenvalue weighted by molar-refractivity contribution is 0.168. The van der Waals surface area contributed by atoms with Gasteiger partial charge in [0.15, 0.2) is 0 Å². The summed E-state index contributed by atoms with van der Waals surface area (Å²) in [5.74, 6) is 0.570. The van der Waals surface area contributed by atoms with Crippen molar-refractivity contribution >= 4 is 0 Å². The minimum absolute atomic E-state index is 0.355. The highest BCUT2D eigenvalue weighted by molar-refractivity contribution is 5.16. The van der Waals surface area contributed by atoms with Gasteiger partial charge in [0, 0.05) is 5.92 Å². The highest BCUT2D eigenvalue weighted by atomic mass is 16.5. The Morgan fingerprint density at radius 2 is 2.07 bits per heavy atom. The van der Waals surface area contributed by atoms with Crippen molar-refractivity contribution in [1.29, 1.82) is 0 Å². The zero-order valence-corrected chi connectivity index (χ0v) is 9.04. The summed E-state index contributed by atoms with van der Waals surface area (Å²) >= 11 is 0. The van der Waals surface area contributed by atoms with Gasteiger partial charge in [0.05, 0.1) is 6.26 Å². The van der Waals surface area contributed by atoms with E-state index < -0.39 is 0 Å². The third-order valence-corrected chi connectivity index (χ3v) is 3.28. The van der Waals surface area contributed by atoms with Crippen molar-refractivity contribution in [2.45, 2.75) is 51.6 Å². The second-order valence-corrected chi connectivity index (χ2v) is 4.48. The highest BCUT2D eigenvalue weighted by Crippen LogP contribution is 2.29. The first-order valence-electron chi connectivity index (χ1n) is 5.89. The van der Waals surface area contributed by atoms with Gasteiger partial charge in [-0.25, -0.2) is 0 Å². The Balaban J connectivity index is 2.00. The summed E-state index contributed by atoms with van der Waals surface area (Å²) in [6.45, 7) is 2.24. The average molecular weight is 192 g/mol. The van der Waals surface area contributed by atoms with Gasteiger partial charge in [-0.15, -0.1) is 0 Å². The molecule has 1 nitrogen and oxygen atoms in total. The van der Waals surface area contributed by atoms with Crippen LogP contribution in [0.5, 0.6) is 0 Å². The fourth-order valence-corrected chi connectivity index (χ4v) is 2.38. The van der Waals surface area contributed by atoms with Crippen molar-refractivity contribution < 1.29 is 4.74 Å². The quantitative estimate of drug-likeness (QED) is 0.574. The van der Waals surface area contributed by atoms with Crippen molar-refractivity contribution in [2.75, 3.05) is 0 Å². The molecule has 0 spiro atoms. The first-order chi connectivity index (χ1) is 6.88. The van der Waals surface area contributed by atoms with Gasteiger partial charge in [-0.05, 0) is 37.3 Å². The standard InChI is InChI=1S/C13H20O/c1-11-9-10-14-13(11)12-7-5-3-2-4-6-8-12/h7,9-11,13H,2-6,8H2,1H3/b12-7+/t11-,13-/m0/s1. The van der Waals surface area contributed by atoms with E-state index in [1.807, 2.05) is 6.26 Å². The maximum absolute atomic E-state index is 5.65. The van der Waals surface area contributed by atoms with E-state index in [1.54, 1.807) is 5.57 Å². The molecule has 0 N–H and O–H groups in total. The lowest BCUT2D eigenvalue weighted by atomic mass is 9.91. The van der Waals surface area contributed by atoms with Crippen molar-refractivity contribution in [3.63, 3.8) is 0 Å². The number of hydrogen-bond donors (Lipinski definition) is 0. The molecule has 2 aliphatic rings. The maximum atomic E-state index is 5.65. The molecule has 0 bridgehead atoms. The van der Waals surface area contributed by atoms with Crippen molar-refractivity contribution in [3.8, 4) is 0 Å². The summed E-state index contributed by atoms with van der Waals surface area (Å²) in [6.07, 6.45) is 14.8. The van der Waals surface area contributed by atoms with E-state index in [0.29, 0.717) is 12.0 Å². The van der Waals surface area contributed by atoms with Crippen LogP contribution in [0.4, 0.5) is 0 Å². The van der Waals surface area contributed by atoms with Crippen molar-refractivity contribution in [1.82, 2.24) is 0 Å². The third kappa shape index (κ3) is 2.20. The fourth-order valence-electron chi connectivity index (χ4n) is 2.38. The van der Waals surface area contributed by atoms with Gasteiger partial charge >= 0.3 is 0 Å². The molecule has 0 fully saturated rings. The minimum atomic E-state index is 0.355. The van der Waals surface area contributed by atoms with Crippen LogP contribution in [0, 0.1) is 5.92 Å². The Morgan fingerprint density at radius 3 is 2.86 bits per heavy atom. The van der Waals surface area contributed by atoms with E-state index in [4.69, 9.17) is 4.74 Å². The molecule has 0 saturated carbocycles. The van der Waals surface area contributed by atoms with Crippen LogP contribution in [0.25, 0.3) is 0 Å². The molecule has 78 valence electrons. The molecule has 1 aliphatic heterocycles. The number of rotatable bonds is 1. The van der Waals surface area contributed by atoms with Crippen LogP contribution in [-0.4, -0.2) is 6.10 Å². The summed E-state index contributed by atoms with van der Waals surface area (Å²) in [4.78, 5) is 0. The highest BCUT2D eigenvalue weighted by Gasteiger charge is 2.24. The predicted octanol–water partition coefficient (Wildman–Crippen LogP) is 3.82. The molecule has 1 aliphatic carbocycles. The van der Waals surface area contributed by atoms with E-state index >= 15 is 0 Å². The summed E-state index contributed by atoms with van der Waals surface area (Å²) in [5.41, 5.74) is 1.54. The number of hydrogen-bond acceptors (Lipinski definition) is 1. The first-order valence-corrected chi connectivity index (χ1v) is 5.89. The van der Waals surface area contributed by atoms with E-state index in [1.165, 1.54) is 38.5 Å². The van der Waals surface area contributed by atoms with E-state index in [0.717, 1.165) is 0 Å². The van der Waals surface area contributed by atoms with Crippen LogP contribution in [-0.2, 0) is 4.74 Å². The molecule has 0 saturated heterocycles. The van der Waals surface area contributed by atoms with Crippen LogP contribution in [0.3, 0.4) is 0 Å². The molecular weight excluding hydrogens is 172 g/mol. The number of ether oxygens (including phenoxy) is 1. The van der Waals surface area contributed by atoms with Gasteiger partial charge in [0.1, 0.15) is 6.10 Å². The molecule has 2 rings (SSSR count). The second kappa shape index (κ2) is 4.68. The van der Waals surface area contributed by atoms with Gasteiger partial charge in [-0.1, -0.05) is 25.8 Å². The van der Waals surface area contributed by atoms with Crippen LogP contribution in [0.15, 0.2) is 24.0 Å². The molecule has 14 heavy (non-hydrogen) atoms. The van der Waals surface area contributed by atoms with Crippen LogP contribution in [0.1, 0.15) is 45.4 Å². The zero-order chi connectivity index (χ0) is 9.80. The Labute approximate surface area is 86.8 Å². The monoisotopic (exact) mass is 192 g/mol. The molecule has 1 heterocycles. The van der Waals surface area contributed by atoms with Crippen LogP contribution < -0.4 is 0 Å². The molecular formula is C13H20O. The fraction of sp³-hybridized carbons (Fsp3) is 0.692. The molecule has 0 aromatic rings. The van der Waals surface area contributed by atoms with Gasteiger partial charge < -0.3 is 4.74 Å². The van der Waals surface area contributed by atoms with E-state index in [9.17, 15) is 0 Å². The Hall–Kier alpha value is -0.720. The Kier molecular flexibility index (Phi) is 3.28. The summed E-state index contributed by atoms with van der Waals surface area (Å²) in [5, 5.41) is 0. The van der Waals surface area contributed by atoms with Crippen LogP contribution >= 0.6 is 0 Å². The van der Waals surface area contributed by atoms with Gasteiger partial charge in [-0.2, -0.15) is 0 Å².